The third kappa shape index (κ3) is 6.47. The first-order valence-electron chi connectivity index (χ1n) is 7.32. The van der Waals surface area contributed by atoms with Gasteiger partial charge in [-0.2, -0.15) is 0 Å². The van der Waals surface area contributed by atoms with Gasteiger partial charge in [0, 0.05) is 21.7 Å². The van der Waals surface area contributed by atoms with Gasteiger partial charge in [0.15, 0.2) is 0 Å². The molecule has 128 valence electrons. The van der Waals surface area contributed by atoms with E-state index in [4.69, 9.17) is 5.84 Å². The van der Waals surface area contributed by atoms with Crippen LogP contribution >= 0.6 is 35.1 Å². The van der Waals surface area contributed by atoms with Crippen LogP contribution in [0, 0.1) is 13.8 Å². The fourth-order valence-corrected chi connectivity index (χ4v) is 4.11. The van der Waals surface area contributed by atoms with Crippen LogP contribution in [-0.4, -0.2) is 17.6 Å². The predicted molar refractivity (Wildman–Crippen MR) is 99.6 cm³/mol. The third-order valence-electron chi connectivity index (χ3n) is 3.36. The van der Waals surface area contributed by atoms with Gasteiger partial charge in [0.05, 0.1) is 10.7 Å². The molecule has 4 N–H and O–H groups in total. The Labute approximate surface area is 151 Å². The summed E-state index contributed by atoms with van der Waals surface area (Å²) in [6.07, 6.45) is 3.95. The lowest BCUT2D eigenvalue weighted by atomic mass is 10.1. The van der Waals surface area contributed by atoms with E-state index in [1.165, 1.54) is 21.0 Å². The topological polar surface area (TPSA) is 80.0 Å². The largest absolute Gasteiger partial charge is 0.337 e. The second-order valence-corrected chi connectivity index (χ2v) is 7.46. The maximum Gasteiger partial charge on any atom is 0.328 e. The summed E-state index contributed by atoms with van der Waals surface area (Å²) in [5, 5.41) is 5.98. The number of halogens is 1. The molecule has 0 bridgehead atoms. The Kier molecular flexibility index (Phi) is 8.54. The van der Waals surface area contributed by atoms with Crippen LogP contribution in [0.25, 0.3) is 0 Å². The van der Waals surface area contributed by atoms with Crippen LogP contribution in [0.15, 0.2) is 11.4 Å². The molecule has 0 fully saturated rings. The predicted octanol–water partition coefficient (Wildman–Crippen LogP) is 3.13. The number of aromatic nitrogens is 1. The number of hydrazine groups is 1. The van der Waals surface area contributed by atoms with Gasteiger partial charge < -0.3 is 5.32 Å². The standard InChI is InChI=1S/C15H22N4OS2.ClH/c1-10-8-13(6-5-12-9-21-11(2)18-12)22-14(10)4-3-7-17-15(20)19-16;/h8-9H,3-7,16H2,1-2H3,(H2,17,19,20);1H. The highest BCUT2D eigenvalue weighted by Crippen LogP contribution is 2.24. The van der Waals surface area contributed by atoms with Crippen molar-refractivity contribution in [2.24, 2.45) is 5.84 Å². The monoisotopic (exact) mass is 374 g/mol. The zero-order valence-corrected chi connectivity index (χ0v) is 15.8. The smallest absolute Gasteiger partial charge is 0.328 e. The average molecular weight is 375 g/mol. The molecule has 2 aromatic heterocycles. The minimum atomic E-state index is -0.331. The summed E-state index contributed by atoms with van der Waals surface area (Å²) in [6, 6.07) is 1.95. The summed E-state index contributed by atoms with van der Waals surface area (Å²) in [7, 11) is 0. The summed E-state index contributed by atoms with van der Waals surface area (Å²) in [6.45, 7) is 4.83. The van der Waals surface area contributed by atoms with Crippen molar-refractivity contribution in [3.05, 3.63) is 37.5 Å². The second kappa shape index (κ2) is 9.87. The van der Waals surface area contributed by atoms with Crippen LogP contribution in [0.2, 0.25) is 0 Å². The molecule has 0 unspecified atom stereocenters. The number of carbonyl (C=O) groups excluding carboxylic acids is 1. The number of urea groups is 1. The van der Waals surface area contributed by atoms with Crippen molar-refractivity contribution in [2.45, 2.75) is 39.5 Å². The number of nitrogens with zero attached hydrogens (tertiary/aromatic N) is 1. The molecule has 5 nitrogen and oxygen atoms in total. The van der Waals surface area contributed by atoms with E-state index in [1.807, 2.05) is 18.3 Å². The van der Waals surface area contributed by atoms with E-state index >= 15 is 0 Å². The van der Waals surface area contributed by atoms with Crippen molar-refractivity contribution >= 4 is 41.1 Å². The fourth-order valence-electron chi connectivity index (χ4n) is 2.24. The number of rotatable bonds is 7. The molecule has 2 aromatic rings. The van der Waals surface area contributed by atoms with Gasteiger partial charge in [0.25, 0.3) is 0 Å². The van der Waals surface area contributed by atoms with Crippen LogP contribution < -0.4 is 16.6 Å². The molecule has 0 saturated carbocycles. The number of hydrogen-bond donors (Lipinski definition) is 3. The summed E-state index contributed by atoms with van der Waals surface area (Å²) < 4.78 is 0. The molecular formula is C15H23ClN4OS2. The summed E-state index contributed by atoms with van der Waals surface area (Å²) in [5.74, 6) is 5.01. The third-order valence-corrected chi connectivity index (χ3v) is 5.54. The first kappa shape index (κ1) is 19.9. The van der Waals surface area contributed by atoms with E-state index in [-0.39, 0.29) is 18.4 Å². The molecule has 2 amide bonds. The first-order chi connectivity index (χ1) is 10.6. The van der Waals surface area contributed by atoms with Crippen LogP contribution in [0.4, 0.5) is 4.79 Å². The Morgan fingerprint density at radius 1 is 1.30 bits per heavy atom. The lowest BCUT2D eigenvalue weighted by molar-refractivity contribution is 0.241. The maximum absolute atomic E-state index is 11.0. The summed E-state index contributed by atoms with van der Waals surface area (Å²) in [5.41, 5.74) is 4.59. The van der Waals surface area contributed by atoms with Crippen molar-refractivity contribution in [2.75, 3.05) is 6.54 Å². The Hall–Kier alpha value is -1.15. The molecule has 2 heterocycles. The minimum absolute atomic E-state index is 0. The van der Waals surface area contributed by atoms with E-state index in [0.29, 0.717) is 6.54 Å². The SMILES string of the molecule is Cc1nc(CCc2cc(C)c(CCCNC(=O)NN)s2)cs1.Cl. The zero-order chi connectivity index (χ0) is 15.9. The maximum atomic E-state index is 11.0. The molecule has 8 heteroatoms. The zero-order valence-electron chi connectivity index (χ0n) is 13.3. The van der Waals surface area contributed by atoms with Crippen LogP contribution in [0.5, 0.6) is 0 Å². The molecule has 0 atom stereocenters. The van der Waals surface area contributed by atoms with E-state index in [0.717, 1.165) is 30.7 Å². The first-order valence-corrected chi connectivity index (χ1v) is 9.01. The number of hydrogen-bond acceptors (Lipinski definition) is 5. The van der Waals surface area contributed by atoms with Gasteiger partial charge >= 0.3 is 6.03 Å². The molecule has 23 heavy (non-hydrogen) atoms. The van der Waals surface area contributed by atoms with Crippen molar-refractivity contribution < 1.29 is 4.79 Å². The molecule has 2 rings (SSSR count). The van der Waals surface area contributed by atoms with E-state index in [1.54, 1.807) is 11.3 Å². The molecule has 0 aromatic carbocycles. The van der Waals surface area contributed by atoms with Gasteiger partial charge in [-0.25, -0.2) is 15.6 Å². The highest BCUT2D eigenvalue weighted by Gasteiger charge is 2.07. The Morgan fingerprint density at radius 3 is 2.74 bits per heavy atom. The molecule has 0 saturated heterocycles. The Bertz CT molecular complexity index is 627. The molecule has 0 aliphatic rings. The molecule has 0 aliphatic heterocycles. The van der Waals surface area contributed by atoms with Crippen molar-refractivity contribution in [1.82, 2.24) is 15.7 Å². The number of thiophene rings is 1. The van der Waals surface area contributed by atoms with Crippen molar-refractivity contribution in [1.29, 1.82) is 0 Å². The summed E-state index contributed by atoms with van der Waals surface area (Å²) >= 11 is 3.58. The number of carbonyl (C=O) groups is 1. The normalized spacial score (nSPS) is 10.2. The number of thiazole rings is 1. The molecule has 0 spiro atoms. The van der Waals surface area contributed by atoms with E-state index in [9.17, 15) is 4.79 Å². The Morgan fingerprint density at radius 2 is 2.09 bits per heavy atom. The number of amides is 2. The molecule has 0 aliphatic carbocycles. The highest BCUT2D eigenvalue weighted by atomic mass is 35.5. The Balaban J connectivity index is 0.00000264. The number of aryl methyl sites for hydroxylation is 5. The van der Waals surface area contributed by atoms with Crippen molar-refractivity contribution in [3.8, 4) is 0 Å². The summed E-state index contributed by atoms with van der Waals surface area (Å²) in [4.78, 5) is 18.3. The van der Waals surface area contributed by atoms with Gasteiger partial charge in [-0.1, -0.05) is 0 Å². The molecular weight excluding hydrogens is 352 g/mol. The lowest BCUT2D eigenvalue weighted by Gasteiger charge is -2.03. The average Bonchev–Trinajstić information content (AvgIpc) is 3.07. The molecule has 0 radical (unpaired) electrons. The van der Waals surface area contributed by atoms with Crippen molar-refractivity contribution in [3.63, 3.8) is 0 Å². The van der Waals surface area contributed by atoms with Gasteiger partial charge in [0.2, 0.25) is 0 Å². The van der Waals surface area contributed by atoms with Gasteiger partial charge in [-0.3, -0.25) is 5.43 Å². The van der Waals surface area contributed by atoms with Crippen LogP contribution in [0.1, 0.15) is 32.4 Å². The minimum Gasteiger partial charge on any atom is -0.337 e. The van der Waals surface area contributed by atoms with Crippen LogP contribution in [0.3, 0.4) is 0 Å². The lowest BCUT2D eigenvalue weighted by Crippen LogP contribution is -2.40. The quantitative estimate of drug-likeness (QED) is 0.301. The highest BCUT2D eigenvalue weighted by molar-refractivity contribution is 7.12. The van der Waals surface area contributed by atoms with Crippen LogP contribution in [-0.2, 0) is 19.3 Å². The van der Waals surface area contributed by atoms with E-state index < -0.39 is 0 Å². The van der Waals surface area contributed by atoms with Gasteiger partial charge in [-0.05, 0) is 51.2 Å². The fraction of sp³-hybridized carbons (Fsp3) is 0.467. The number of nitrogens with one attached hydrogen (secondary N) is 2. The van der Waals surface area contributed by atoms with Gasteiger partial charge in [-0.15, -0.1) is 35.1 Å². The second-order valence-electron chi connectivity index (χ2n) is 5.18. The van der Waals surface area contributed by atoms with Gasteiger partial charge in [0.1, 0.15) is 0 Å². The van der Waals surface area contributed by atoms with E-state index in [2.05, 4.69) is 34.1 Å². The number of nitrogens with two attached hydrogens (primary N) is 1.